The Labute approximate surface area is 116 Å². The summed E-state index contributed by atoms with van der Waals surface area (Å²) in [5, 5.41) is 0. The molecule has 0 aromatic heterocycles. The van der Waals surface area contributed by atoms with Gasteiger partial charge in [-0.25, -0.2) is 0 Å². The summed E-state index contributed by atoms with van der Waals surface area (Å²) in [6.45, 7) is 8.07. The number of unbranched alkanes of at least 4 members (excludes halogenated alkanes) is 1. The summed E-state index contributed by atoms with van der Waals surface area (Å²) >= 11 is 0. The lowest BCUT2D eigenvalue weighted by Gasteiger charge is -2.41. The molecule has 0 unspecified atom stereocenters. The molecule has 102 valence electrons. The number of para-hydroxylation sites is 1. The van der Waals surface area contributed by atoms with E-state index in [0.717, 1.165) is 12.1 Å². The van der Waals surface area contributed by atoms with Crippen molar-refractivity contribution < 1.29 is 4.79 Å². The highest BCUT2D eigenvalue weighted by molar-refractivity contribution is 5.99. The molecule has 1 aliphatic rings. The maximum absolute atomic E-state index is 12.0. The van der Waals surface area contributed by atoms with Crippen LogP contribution >= 0.6 is 0 Å². The fourth-order valence-corrected chi connectivity index (χ4v) is 2.97. The van der Waals surface area contributed by atoms with E-state index in [9.17, 15) is 4.79 Å². The second-order valence-electron chi connectivity index (χ2n) is 5.80. The van der Waals surface area contributed by atoms with Crippen LogP contribution < -0.4 is 4.90 Å². The number of rotatable bonds is 3. The van der Waals surface area contributed by atoms with Gasteiger partial charge in [-0.3, -0.25) is 4.79 Å². The third-order valence-electron chi connectivity index (χ3n) is 3.71. The second kappa shape index (κ2) is 5.20. The Morgan fingerprint density at radius 3 is 2.58 bits per heavy atom. The molecule has 1 aromatic rings. The van der Waals surface area contributed by atoms with E-state index in [1.807, 2.05) is 11.0 Å². The molecule has 0 saturated carbocycles. The van der Waals surface area contributed by atoms with Crippen molar-refractivity contribution >= 4 is 17.2 Å². The van der Waals surface area contributed by atoms with Crippen LogP contribution in [-0.4, -0.2) is 11.4 Å². The minimum absolute atomic E-state index is 0.100. The third-order valence-corrected chi connectivity index (χ3v) is 3.71. The van der Waals surface area contributed by atoms with Crippen LogP contribution in [0.2, 0.25) is 0 Å². The summed E-state index contributed by atoms with van der Waals surface area (Å²) in [7, 11) is 0. The molecule has 1 aliphatic heterocycles. The van der Waals surface area contributed by atoms with Crippen LogP contribution in [-0.2, 0) is 4.79 Å². The zero-order chi connectivity index (χ0) is 14.0. The Morgan fingerprint density at radius 1 is 1.26 bits per heavy atom. The molecule has 19 heavy (non-hydrogen) atoms. The molecule has 0 saturated heterocycles. The molecule has 2 nitrogen and oxygen atoms in total. The largest absolute Gasteiger partial charge is 0.303 e. The first-order chi connectivity index (χ1) is 8.97. The minimum Gasteiger partial charge on any atom is -0.303 e. The molecule has 0 radical (unpaired) electrons. The van der Waals surface area contributed by atoms with Gasteiger partial charge in [0.05, 0.1) is 11.2 Å². The second-order valence-corrected chi connectivity index (χ2v) is 5.80. The summed E-state index contributed by atoms with van der Waals surface area (Å²) < 4.78 is 0. The van der Waals surface area contributed by atoms with Crippen molar-refractivity contribution in [2.75, 3.05) is 4.90 Å². The Morgan fingerprint density at radius 2 is 1.95 bits per heavy atom. The first-order valence-corrected chi connectivity index (χ1v) is 7.09. The van der Waals surface area contributed by atoms with Crippen molar-refractivity contribution in [3.63, 3.8) is 0 Å². The van der Waals surface area contributed by atoms with E-state index >= 15 is 0 Å². The van der Waals surface area contributed by atoms with Gasteiger partial charge in [0.15, 0.2) is 0 Å². The highest BCUT2D eigenvalue weighted by Crippen LogP contribution is 2.40. The van der Waals surface area contributed by atoms with Crippen molar-refractivity contribution in [1.82, 2.24) is 0 Å². The number of amides is 1. The van der Waals surface area contributed by atoms with Gasteiger partial charge >= 0.3 is 0 Å². The van der Waals surface area contributed by atoms with Gasteiger partial charge < -0.3 is 4.90 Å². The van der Waals surface area contributed by atoms with E-state index < -0.39 is 0 Å². The van der Waals surface area contributed by atoms with E-state index in [0.29, 0.717) is 0 Å². The van der Waals surface area contributed by atoms with Crippen LogP contribution in [0.3, 0.4) is 0 Å². The normalized spacial score (nSPS) is 16.8. The number of hydrogen-bond donors (Lipinski definition) is 0. The number of carbonyl (C=O) groups is 1. The van der Waals surface area contributed by atoms with Gasteiger partial charge in [-0.15, -0.1) is 0 Å². The molecule has 2 heteroatoms. The van der Waals surface area contributed by atoms with Crippen LogP contribution in [0, 0.1) is 0 Å². The molecule has 0 N–H and O–H groups in total. The number of anilines is 1. The zero-order valence-corrected chi connectivity index (χ0v) is 12.4. The lowest BCUT2D eigenvalue weighted by Crippen LogP contribution is -2.48. The Bertz CT molecular complexity index is 514. The maximum atomic E-state index is 12.0. The molecule has 0 atom stereocenters. The monoisotopic (exact) mass is 257 g/mol. The molecular formula is C17H23NO. The molecule has 0 spiro atoms. The molecule has 1 amide bonds. The standard InChI is InChI=1S/C17H23NO/c1-5-6-9-14-12-17(3,4)18(13(2)19)16-11-8-7-10-15(14)16/h7-8,10-12H,5-6,9H2,1-4H3. The molecular weight excluding hydrogens is 234 g/mol. The van der Waals surface area contributed by atoms with E-state index in [1.165, 1.54) is 24.0 Å². The Kier molecular flexibility index (Phi) is 3.79. The van der Waals surface area contributed by atoms with Crippen LogP contribution in [0.5, 0.6) is 0 Å². The average Bonchev–Trinajstić information content (AvgIpc) is 2.34. The summed E-state index contributed by atoms with van der Waals surface area (Å²) in [6, 6.07) is 8.24. The zero-order valence-electron chi connectivity index (χ0n) is 12.4. The van der Waals surface area contributed by atoms with Crippen molar-refractivity contribution in [2.45, 2.75) is 52.5 Å². The summed E-state index contributed by atoms with van der Waals surface area (Å²) in [6.07, 6.45) is 5.72. The quantitative estimate of drug-likeness (QED) is 0.785. The van der Waals surface area contributed by atoms with Crippen molar-refractivity contribution in [2.24, 2.45) is 0 Å². The first-order valence-electron chi connectivity index (χ1n) is 7.09. The fraction of sp³-hybridized carbons (Fsp3) is 0.471. The van der Waals surface area contributed by atoms with Crippen LogP contribution in [0.25, 0.3) is 5.57 Å². The van der Waals surface area contributed by atoms with Gasteiger partial charge in [-0.05, 0) is 38.3 Å². The first kappa shape index (κ1) is 13.9. The Hall–Kier alpha value is -1.57. The predicted molar refractivity (Wildman–Crippen MR) is 81.2 cm³/mol. The van der Waals surface area contributed by atoms with Gasteiger partial charge in [0.25, 0.3) is 0 Å². The van der Waals surface area contributed by atoms with Crippen molar-refractivity contribution in [3.8, 4) is 0 Å². The highest BCUT2D eigenvalue weighted by atomic mass is 16.2. The van der Waals surface area contributed by atoms with Crippen LogP contribution in [0.1, 0.15) is 52.5 Å². The number of hydrogen-bond acceptors (Lipinski definition) is 1. The van der Waals surface area contributed by atoms with Gasteiger partial charge in [-0.2, -0.15) is 0 Å². The smallest absolute Gasteiger partial charge is 0.224 e. The molecule has 1 heterocycles. The minimum atomic E-state index is -0.247. The lowest BCUT2D eigenvalue weighted by molar-refractivity contribution is -0.117. The molecule has 0 aliphatic carbocycles. The van der Waals surface area contributed by atoms with Gasteiger partial charge in [0.1, 0.15) is 0 Å². The highest BCUT2D eigenvalue weighted by Gasteiger charge is 2.34. The molecule has 2 rings (SSSR count). The molecule has 0 bridgehead atoms. The van der Waals surface area contributed by atoms with E-state index in [2.05, 4.69) is 45.0 Å². The summed E-state index contributed by atoms with van der Waals surface area (Å²) in [5.41, 5.74) is 3.39. The van der Waals surface area contributed by atoms with Crippen molar-refractivity contribution in [3.05, 3.63) is 35.9 Å². The summed E-state index contributed by atoms with van der Waals surface area (Å²) in [4.78, 5) is 13.9. The lowest BCUT2D eigenvalue weighted by atomic mass is 9.86. The number of benzene rings is 1. The van der Waals surface area contributed by atoms with Gasteiger partial charge in [0, 0.05) is 12.5 Å². The van der Waals surface area contributed by atoms with E-state index in [1.54, 1.807) is 6.92 Å². The van der Waals surface area contributed by atoms with Crippen molar-refractivity contribution in [1.29, 1.82) is 0 Å². The third kappa shape index (κ3) is 2.58. The SMILES string of the molecule is CCCCC1=CC(C)(C)N(C(C)=O)c2ccccc21. The van der Waals surface area contributed by atoms with Gasteiger partial charge in [-0.1, -0.05) is 37.6 Å². The molecule has 1 aromatic carbocycles. The number of fused-ring (bicyclic) bond motifs is 1. The number of carbonyl (C=O) groups excluding carboxylic acids is 1. The number of nitrogens with zero attached hydrogens (tertiary/aromatic N) is 1. The summed E-state index contributed by atoms with van der Waals surface area (Å²) in [5.74, 6) is 0.100. The number of allylic oxidation sites excluding steroid dienone is 1. The van der Waals surface area contributed by atoms with Crippen LogP contribution in [0.4, 0.5) is 5.69 Å². The van der Waals surface area contributed by atoms with E-state index in [4.69, 9.17) is 0 Å². The predicted octanol–water partition coefficient (Wildman–Crippen LogP) is 4.41. The van der Waals surface area contributed by atoms with Gasteiger partial charge in [0.2, 0.25) is 5.91 Å². The average molecular weight is 257 g/mol. The molecule has 0 fully saturated rings. The maximum Gasteiger partial charge on any atom is 0.224 e. The topological polar surface area (TPSA) is 20.3 Å². The Balaban J connectivity index is 2.52. The van der Waals surface area contributed by atoms with E-state index in [-0.39, 0.29) is 11.4 Å². The van der Waals surface area contributed by atoms with Crippen LogP contribution in [0.15, 0.2) is 30.3 Å². The fourth-order valence-electron chi connectivity index (χ4n) is 2.97.